The minimum Gasteiger partial charge on any atom is -0.488 e. The van der Waals surface area contributed by atoms with Gasteiger partial charge in [0.05, 0.1) is 11.6 Å². The number of anilines is 1. The van der Waals surface area contributed by atoms with E-state index in [0.29, 0.717) is 26.1 Å². The van der Waals surface area contributed by atoms with E-state index >= 15 is 0 Å². The van der Waals surface area contributed by atoms with E-state index in [0.717, 1.165) is 54.3 Å². The normalized spacial score (nSPS) is 17.7. The highest BCUT2D eigenvalue weighted by Gasteiger charge is 2.29. The number of nitrogens with zero attached hydrogens (tertiary/aromatic N) is 2. The number of carbonyl (C=O) groups is 1. The molecule has 1 saturated heterocycles. The monoisotopic (exact) mass is 471 g/mol. The van der Waals surface area contributed by atoms with E-state index in [2.05, 4.69) is 48.3 Å². The molecule has 0 unspecified atom stereocenters. The Morgan fingerprint density at radius 1 is 1.14 bits per heavy atom. The van der Waals surface area contributed by atoms with Crippen molar-refractivity contribution in [1.29, 1.82) is 0 Å². The highest BCUT2D eigenvalue weighted by atomic mass is 16.5. The fourth-order valence-corrected chi connectivity index (χ4v) is 5.21. The minimum absolute atomic E-state index is 0.335. The highest BCUT2D eigenvalue weighted by molar-refractivity contribution is 5.73. The van der Waals surface area contributed by atoms with Gasteiger partial charge in [-0.3, -0.25) is 4.79 Å². The fraction of sp³-hybridized carbons (Fsp3) is 0.379. The van der Waals surface area contributed by atoms with Crippen LogP contribution in [-0.4, -0.2) is 42.2 Å². The summed E-state index contributed by atoms with van der Waals surface area (Å²) in [6.07, 6.45) is 2.78. The van der Waals surface area contributed by atoms with E-state index in [1.54, 1.807) is 0 Å². The zero-order valence-corrected chi connectivity index (χ0v) is 20.5. The number of rotatable bonds is 6. The van der Waals surface area contributed by atoms with Gasteiger partial charge in [0, 0.05) is 18.7 Å². The third-order valence-electron chi connectivity index (χ3n) is 7.32. The maximum atomic E-state index is 11.4. The van der Waals surface area contributed by atoms with Crippen LogP contribution in [0, 0.1) is 19.8 Å². The standard InChI is InChI=1S/C29H33N3O3/c1-19-6-9-27(35-18-23-8-7-21-10-13-30-14-11-24(21)20(23)2)25(16-19)26-4-3-5-28(31-26)32-15-12-22(17-32)29(33)34/h3-9,16,22,30H,10-15,17-18H2,1-2H3,(H,33,34)/t22-/m1/s1. The second kappa shape index (κ2) is 10.1. The van der Waals surface area contributed by atoms with Crippen molar-refractivity contribution >= 4 is 11.8 Å². The summed E-state index contributed by atoms with van der Waals surface area (Å²) in [5.74, 6) is 0.552. The van der Waals surface area contributed by atoms with Crippen LogP contribution in [0.4, 0.5) is 5.82 Å². The Kier molecular flexibility index (Phi) is 6.73. The molecule has 1 aromatic heterocycles. The Hall–Kier alpha value is -3.38. The van der Waals surface area contributed by atoms with Crippen molar-refractivity contribution in [3.8, 4) is 17.0 Å². The summed E-state index contributed by atoms with van der Waals surface area (Å²) in [5.41, 5.74) is 8.39. The Bertz CT molecular complexity index is 1240. The molecule has 3 aromatic rings. The quantitative estimate of drug-likeness (QED) is 0.550. The van der Waals surface area contributed by atoms with Crippen molar-refractivity contribution < 1.29 is 14.6 Å². The first-order chi connectivity index (χ1) is 17.0. The van der Waals surface area contributed by atoms with Gasteiger partial charge in [0.1, 0.15) is 18.2 Å². The molecule has 0 bridgehead atoms. The van der Waals surface area contributed by atoms with E-state index in [4.69, 9.17) is 9.72 Å². The van der Waals surface area contributed by atoms with Crippen molar-refractivity contribution in [3.63, 3.8) is 0 Å². The zero-order valence-electron chi connectivity index (χ0n) is 20.5. The zero-order chi connectivity index (χ0) is 24.4. The van der Waals surface area contributed by atoms with Crippen molar-refractivity contribution in [2.24, 2.45) is 5.92 Å². The highest BCUT2D eigenvalue weighted by Crippen LogP contribution is 2.33. The molecule has 6 heteroatoms. The average molecular weight is 472 g/mol. The molecule has 0 saturated carbocycles. The van der Waals surface area contributed by atoms with E-state index in [-0.39, 0.29) is 5.92 Å². The second-order valence-corrected chi connectivity index (χ2v) is 9.68. The minimum atomic E-state index is -0.734. The Balaban J connectivity index is 1.39. The number of carboxylic acid groups (broad SMARTS) is 1. The number of nitrogens with one attached hydrogen (secondary N) is 1. The van der Waals surface area contributed by atoms with Gasteiger partial charge in [-0.05, 0) is 92.7 Å². The number of carboxylic acids is 1. The van der Waals surface area contributed by atoms with E-state index in [1.807, 2.05) is 24.3 Å². The summed E-state index contributed by atoms with van der Waals surface area (Å²) < 4.78 is 6.40. The van der Waals surface area contributed by atoms with Gasteiger partial charge in [-0.25, -0.2) is 4.98 Å². The predicted octanol–water partition coefficient (Wildman–Crippen LogP) is 4.54. The first-order valence-electron chi connectivity index (χ1n) is 12.5. The first-order valence-corrected chi connectivity index (χ1v) is 12.5. The third kappa shape index (κ3) is 5.03. The molecule has 0 radical (unpaired) electrons. The Morgan fingerprint density at radius 2 is 2.00 bits per heavy atom. The van der Waals surface area contributed by atoms with Gasteiger partial charge in [-0.15, -0.1) is 0 Å². The van der Waals surface area contributed by atoms with Gasteiger partial charge >= 0.3 is 5.97 Å². The number of pyridine rings is 1. The molecule has 0 aliphatic carbocycles. The van der Waals surface area contributed by atoms with Crippen molar-refractivity contribution in [3.05, 3.63) is 76.3 Å². The number of benzene rings is 2. The molecule has 2 aliphatic heterocycles. The molecule has 5 rings (SSSR count). The van der Waals surface area contributed by atoms with E-state index in [9.17, 15) is 9.90 Å². The maximum absolute atomic E-state index is 11.4. The number of aromatic nitrogens is 1. The lowest BCUT2D eigenvalue weighted by atomic mass is 9.94. The average Bonchev–Trinajstić information content (AvgIpc) is 3.24. The molecule has 6 nitrogen and oxygen atoms in total. The van der Waals surface area contributed by atoms with Crippen LogP contribution in [0.5, 0.6) is 5.75 Å². The number of hydrogen-bond donors (Lipinski definition) is 2. The molecular weight excluding hydrogens is 438 g/mol. The largest absolute Gasteiger partial charge is 0.488 e. The molecule has 1 atom stereocenters. The summed E-state index contributed by atoms with van der Waals surface area (Å²) in [4.78, 5) is 18.4. The summed E-state index contributed by atoms with van der Waals surface area (Å²) >= 11 is 0. The van der Waals surface area contributed by atoms with Crippen LogP contribution in [0.25, 0.3) is 11.3 Å². The van der Waals surface area contributed by atoms with Crippen molar-refractivity contribution in [2.75, 3.05) is 31.1 Å². The van der Waals surface area contributed by atoms with Gasteiger partial charge in [0.25, 0.3) is 0 Å². The lowest BCUT2D eigenvalue weighted by Crippen LogP contribution is -2.23. The van der Waals surface area contributed by atoms with E-state index < -0.39 is 5.97 Å². The summed E-state index contributed by atoms with van der Waals surface area (Å²) in [6, 6.07) is 16.6. The van der Waals surface area contributed by atoms with Gasteiger partial charge < -0.3 is 20.1 Å². The van der Waals surface area contributed by atoms with Gasteiger partial charge in [0.15, 0.2) is 0 Å². The lowest BCUT2D eigenvalue weighted by Gasteiger charge is -2.19. The topological polar surface area (TPSA) is 74.7 Å². The molecule has 3 heterocycles. The molecule has 2 aromatic carbocycles. The number of hydrogen-bond acceptors (Lipinski definition) is 5. The van der Waals surface area contributed by atoms with Crippen molar-refractivity contribution in [2.45, 2.75) is 39.7 Å². The molecule has 1 fully saturated rings. The predicted molar refractivity (Wildman–Crippen MR) is 138 cm³/mol. The van der Waals surface area contributed by atoms with Gasteiger partial charge in [-0.1, -0.05) is 29.8 Å². The lowest BCUT2D eigenvalue weighted by molar-refractivity contribution is -0.140. The molecule has 35 heavy (non-hydrogen) atoms. The molecular formula is C29H33N3O3. The molecule has 0 spiro atoms. The molecule has 0 amide bonds. The fourth-order valence-electron chi connectivity index (χ4n) is 5.21. The van der Waals surface area contributed by atoms with Crippen LogP contribution in [0.3, 0.4) is 0 Å². The molecule has 2 aliphatic rings. The van der Waals surface area contributed by atoms with Crippen LogP contribution < -0.4 is 15.0 Å². The smallest absolute Gasteiger partial charge is 0.308 e. The van der Waals surface area contributed by atoms with Crippen LogP contribution in [0.2, 0.25) is 0 Å². The van der Waals surface area contributed by atoms with Crippen LogP contribution in [0.1, 0.15) is 34.2 Å². The third-order valence-corrected chi connectivity index (χ3v) is 7.32. The number of ether oxygens (including phenoxy) is 1. The number of aryl methyl sites for hydroxylation is 1. The van der Waals surface area contributed by atoms with Crippen LogP contribution in [-0.2, 0) is 24.2 Å². The van der Waals surface area contributed by atoms with Crippen LogP contribution in [0.15, 0.2) is 48.5 Å². The second-order valence-electron chi connectivity index (χ2n) is 9.68. The Labute approximate surface area is 207 Å². The SMILES string of the molecule is Cc1ccc(OCc2ccc3c(c2C)CCNCC3)c(-c2cccc(N3CC[C@@H](C(=O)O)C3)n2)c1. The Morgan fingerprint density at radius 3 is 2.83 bits per heavy atom. The summed E-state index contributed by atoms with van der Waals surface area (Å²) in [5, 5.41) is 12.9. The number of fused-ring (bicyclic) bond motifs is 1. The first kappa shape index (κ1) is 23.4. The van der Waals surface area contributed by atoms with Gasteiger partial charge in [0.2, 0.25) is 0 Å². The molecule has 2 N–H and O–H groups in total. The van der Waals surface area contributed by atoms with Crippen LogP contribution >= 0.6 is 0 Å². The summed E-state index contributed by atoms with van der Waals surface area (Å²) in [6.45, 7) is 8.05. The molecule has 182 valence electrons. The van der Waals surface area contributed by atoms with E-state index in [1.165, 1.54) is 22.3 Å². The summed E-state index contributed by atoms with van der Waals surface area (Å²) in [7, 11) is 0. The van der Waals surface area contributed by atoms with Gasteiger partial charge in [-0.2, -0.15) is 0 Å². The number of aliphatic carboxylic acids is 1. The van der Waals surface area contributed by atoms with Crippen molar-refractivity contribution in [1.82, 2.24) is 10.3 Å². The maximum Gasteiger partial charge on any atom is 0.308 e.